The van der Waals surface area contributed by atoms with E-state index in [0.717, 1.165) is 11.1 Å². The van der Waals surface area contributed by atoms with Crippen LogP contribution in [0.5, 0.6) is 0 Å². The van der Waals surface area contributed by atoms with Crippen molar-refractivity contribution in [2.75, 3.05) is 29.9 Å². The van der Waals surface area contributed by atoms with E-state index in [1.807, 2.05) is 0 Å². The summed E-state index contributed by atoms with van der Waals surface area (Å²) < 4.78 is 57.2. The zero-order valence-corrected chi connectivity index (χ0v) is 16.3. The molecule has 12 heteroatoms. The number of nitrogens with zero attached hydrogens (tertiary/aromatic N) is 3. The van der Waals surface area contributed by atoms with Crippen LogP contribution in [-0.4, -0.2) is 58.6 Å². The molecule has 166 valence electrons. The predicted octanol–water partition coefficient (Wildman–Crippen LogP) is 2.57. The fourth-order valence-corrected chi connectivity index (χ4v) is 3.49. The molecule has 3 N–H and O–H groups in total. The molecule has 1 aromatic heterocycles. The molecule has 2 aliphatic heterocycles. The first kappa shape index (κ1) is 21.1. The number of rotatable bonds is 4. The van der Waals surface area contributed by atoms with E-state index < -0.39 is 30.9 Å². The minimum Gasteiger partial charge on any atom is -0.488 e. The SMILES string of the molecule is CC1=C(CNC(=O)Nc2cnc(N3CC(O)(C(F)(F)F)C3)nc2)OC2CC=C(F)C=C12. The average molecular weight is 441 g/mol. The van der Waals surface area contributed by atoms with Gasteiger partial charge in [-0.2, -0.15) is 13.2 Å². The van der Waals surface area contributed by atoms with Crippen molar-refractivity contribution in [2.24, 2.45) is 0 Å². The smallest absolute Gasteiger partial charge is 0.420 e. The lowest BCUT2D eigenvalue weighted by Gasteiger charge is -2.46. The first-order valence-electron chi connectivity index (χ1n) is 9.41. The van der Waals surface area contributed by atoms with Crippen LogP contribution < -0.4 is 15.5 Å². The predicted molar refractivity (Wildman–Crippen MR) is 102 cm³/mol. The molecule has 3 heterocycles. The van der Waals surface area contributed by atoms with Crippen LogP contribution in [0.25, 0.3) is 0 Å². The number of nitrogens with one attached hydrogen (secondary N) is 2. The number of amides is 2. The van der Waals surface area contributed by atoms with Gasteiger partial charge in [0.25, 0.3) is 0 Å². The van der Waals surface area contributed by atoms with E-state index in [2.05, 4.69) is 20.6 Å². The summed E-state index contributed by atoms with van der Waals surface area (Å²) in [6.45, 7) is 0.571. The van der Waals surface area contributed by atoms with Crippen LogP contribution in [0.2, 0.25) is 0 Å². The Bertz CT molecular complexity index is 981. The number of allylic oxidation sites excluding steroid dienone is 2. The van der Waals surface area contributed by atoms with Crippen molar-refractivity contribution in [3.8, 4) is 0 Å². The summed E-state index contributed by atoms with van der Waals surface area (Å²) in [6, 6.07) is -0.566. The standard InChI is InChI=1S/C19H19F4N5O3/c1-10-13-4-11(20)2-3-14(13)31-15(10)7-26-17(29)27-12-5-24-16(25-6-12)28-8-18(30,9-28)19(21,22)23/h2,4-6,14,30H,3,7-9H2,1H3,(H2,26,27,29). The summed E-state index contributed by atoms with van der Waals surface area (Å²) in [5.41, 5.74) is -1.01. The third-order valence-corrected chi connectivity index (χ3v) is 5.32. The van der Waals surface area contributed by atoms with Crippen LogP contribution in [-0.2, 0) is 4.74 Å². The van der Waals surface area contributed by atoms with Gasteiger partial charge in [-0.25, -0.2) is 19.2 Å². The Hall–Kier alpha value is -3.15. The van der Waals surface area contributed by atoms with Gasteiger partial charge in [0.2, 0.25) is 5.95 Å². The third-order valence-electron chi connectivity index (χ3n) is 5.32. The molecule has 1 atom stereocenters. The van der Waals surface area contributed by atoms with Crippen LogP contribution in [0.4, 0.5) is 34.0 Å². The lowest BCUT2D eigenvalue weighted by molar-refractivity contribution is -0.267. The Morgan fingerprint density at radius 2 is 2.03 bits per heavy atom. The van der Waals surface area contributed by atoms with Crippen LogP contribution in [0.1, 0.15) is 13.3 Å². The first-order chi connectivity index (χ1) is 14.6. The van der Waals surface area contributed by atoms with Gasteiger partial charge in [-0.3, -0.25) is 0 Å². The molecule has 1 aromatic rings. The number of urea groups is 1. The van der Waals surface area contributed by atoms with E-state index in [0.29, 0.717) is 12.2 Å². The van der Waals surface area contributed by atoms with Gasteiger partial charge in [-0.15, -0.1) is 0 Å². The summed E-state index contributed by atoms with van der Waals surface area (Å²) in [5.74, 6) is 0.235. The normalized spacial score (nSPS) is 22.1. The second kappa shape index (κ2) is 7.52. The van der Waals surface area contributed by atoms with Gasteiger partial charge in [0, 0.05) is 12.0 Å². The minimum absolute atomic E-state index is 0.0109. The topological polar surface area (TPSA) is 99.6 Å². The number of carbonyl (C=O) groups excluding carboxylic acids is 1. The number of fused-ring (bicyclic) bond motifs is 1. The number of anilines is 2. The number of aliphatic hydroxyl groups is 1. The largest absolute Gasteiger partial charge is 0.488 e. The van der Waals surface area contributed by atoms with E-state index in [-0.39, 0.29) is 30.1 Å². The molecule has 2 amide bonds. The summed E-state index contributed by atoms with van der Waals surface area (Å²) in [6.07, 6.45) is 0.803. The molecule has 1 saturated heterocycles. The molecule has 0 saturated carbocycles. The lowest BCUT2D eigenvalue weighted by Crippen LogP contribution is -2.69. The molecular formula is C19H19F4N5O3. The number of carbonyl (C=O) groups is 1. The number of hydrogen-bond acceptors (Lipinski definition) is 6. The Balaban J connectivity index is 1.28. The number of alkyl halides is 3. The lowest BCUT2D eigenvalue weighted by atomic mass is 9.94. The highest BCUT2D eigenvalue weighted by Crippen LogP contribution is 2.39. The summed E-state index contributed by atoms with van der Waals surface area (Å²) in [5, 5.41) is 14.6. The van der Waals surface area contributed by atoms with Crippen molar-refractivity contribution in [3.63, 3.8) is 0 Å². The van der Waals surface area contributed by atoms with E-state index >= 15 is 0 Å². The zero-order chi connectivity index (χ0) is 22.4. The summed E-state index contributed by atoms with van der Waals surface area (Å²) >= 11 is 0. The Morgan fingerprint density at radius 3 is 2.68 bits per heavy atom. The highest BCUT2D eigenvalue weighted by Gasteiger charge is 2.61. The van der Waals surface area contributed by atoms with Crippen LogP contribution in [0.3, 0.4) is 0 Å². The molecule has 8 nitrogen and oxygen atoms in total. The first-order valence-corrected chi connectivity index (χ1v) is 9.41. The maximum atomic E-state index is 13.4. The van der Waals surface area contributed by atoms with Crippen LogP contribution in [0, 0.1) is 0 Å². The van der Waals surface area contributed by atoms with E-state index in [1.54, 1.807) is 6.92 Å². The maximum Gasteiger partial charge on any atom is 0.420 e. The Kier molecular flexibility index (Phi) is 5.12. The molecule has 1 unspecified atom stereocenters. The van der Waals surface area contributed by atoms with Gasteiger partial charge in [0.1, 0.15) is 17.7 Å². The summed E-state index contributed by atoms with van der Waals surface area (Å²) in [7, 11) is 0. The third kappa shape index (κ3) is 4.07. The molecule has 31 heavy (non-hydrogen) atoms. The van der Waals surface area contributed by atoms with Crippen molar-refractivity contribution in [1.29, 1.82) is 0 Å². The van der Waals surface area contributed by atoms with Crippen LogP contribution >= 0.6 is 0 Å². The number of β-amino-alcohol motifs (C(OH)–C–C–N with tert-alkyl or cyclic N) is 1. The molecule has 0 bridgehead atoms. The van der Waals surface area contributed by atoms with Crippen molar-refractivity contribution in [1.82, 2.24) is 15.3 Å². The average Bonchev–Trinajstić information content (AvgIpc) is 2.99. The second-order valence-electron chi connectivity index (χ2n) is 7.54. The highest BCUT2D eigenvalue weighted by molar-refractivity contribution is 5.89. The molecule has 0 spiro atoms. The van der Waals surface area contributed by atoms with Crippen molar-refractivity contribution < 1.29 is 32.2 Å². The quantitative estimate of drug-likeness (QED) is 0.622. The van der Waals surface area contributed by atoms with E-state index in [1.165, 1.54) is 29.4 Å². The van der Waals surface area contributed by atoms with Gasteiger partial charge in [-0.1, -0.05) is 0 Å². The Labute approximate surface area is 174 Å². The van der Waals surface area contributed by atoms with Crippen molar-refractivity contribution >= 4 is 17.7 Å². The van der Waals surface area contributed by atoms with Crippen molar-refractivity contribution in [2.45, 2.75) is 31.2 Å². The van der Waals surface area contributed by atoms with E-state index in [4.69, 9.17) is 4.74 Å². The summed E-state index contributed by atoms with van der Waals surface area (Å²) in [4.78, 5) is 21.1. The van der Waals surface area contributed by atoms with Gasteiger partial charge in [0.05, 0.1) is 37.7 Å². The number of halogens is 4. The van der Waals surface area contributed by atoms with Gasteiger partial charge < -0.3 is 25.4 Å². The number of aromatic nitrogens is 2. The highest BCUT2D eigenvalue weighted by atomic mass is 19.4. The minimum atomic E-state index is -4.72. The Morgan fingerprint density at radius 1 is 1.35 bits per heavy atom. The molecular weight excluding hydrogens is 422 g/mol. The van der Waals surface area contributed by atoms with Gasteiger partial charge >= 0.3 is 12.2 Å². The second-order valence-corrected chi connectivity index (χ2v) is 7.54. The van der Waals surface area contributed by atoms with Crippen molar-refractivity contribution in [3.05, 3.63) is 47.3 Å². The number of hydrogen-bond donors (Lipinski definition) is 3. The fraction of sp³-hybridized carbons (Fsp3) is 0.421. The molecule has 1 fully saturated rings. The molecule has 3 aliphatic rings. The van der Waals surface area contributed by atoms with Crippen LogP contribution in [0.15, 0.2) is 47.3 Å². The van der Waals surface area contributed by atoms with Gasteiger partial charge in [0.15, 0.2) is 5.60 Å². The molecule has 0 aromatic carbocycles. The fourth-order valence-electron chi connectivity index (χ4n) is 3.49. The maximum absolute atomic E-state index is 13.4. The molecule has 1 aliphatic carbocycles. The van der Waals surface area contributed by atoms with Gasteiger partial charge in [-0.05, 0) is 24.6 Å². The molecule has 4 rings (SSSR count). The van der Waals surface area contributed by atoms with E-state index in [9.17, 15) is 27.5 Å². The number of ether oxygens (including phenoxy) is 1. The molecule has 0 radical (unpaired) electrons. The monoisotopic (exact) mass is 441 g/mol. The zero-order valence-electron chi connectivity index (χ0n) is 16.3.